The molecule has 62 valence electrons. The summed E-state index contributed by atoms with van der Waals surface area (Å²) in [5.74, 6) is 0.625. The Morgan fingerprint density at radius 2 is 2.09 bits per heavy atom. The van der Waals surface area contributed by atoms with Crippen LogP contribution in [-0.4, -0.2) is 12.4 Å². The summed E-state index contributed by atoms with van der Waals surface area (Å²) in [6, 6.07) is 0. The van der Waals surface area contributed by atoms with E-state index in [-0.39, 0.29) is 5.78 Å². The van der Waals surface area contributed by atoms with Crippen LogP contribution in [0, 0.1) is 0 Å². The topological polar surface area (TPSA) is 26.3 Å². The number of hydrogen-bond donors (Lipinski definition) is 0. The Bertz CT molecular complexity index is 168. The van der Waals surface area contributed by atoms with Crippen molar-refractivity contribution in [3.05, 3.63) is 24.5 Å². The summed E-state index contributed by atoms with van der Waals surface area (Å²) in [5, 5.41) is 0. The van der Waals surface area contributed by atoms with Crippen LogP contribution in [0.25, 0.3) is 0 Å². The first-order valence-electron chi connectivity index (χ1n) is 3.73. The Balaban J connectivity index is 3.73. The van der Waals surface area contributed by atoms with Crippen LogP contribution < -0.4 is 0 Å². The lowest BCUT2D eigenvalue weighted by Crippen LogP contribution is -1.90. The molecular formula is C9H14O2. The average Bonchev–Trinajstić information content (AvgIpc) is 2.01. The molecule has 0 saturated heterocycles. The van der Waals surface area contributed by atoms with Crippen molar-refractivity contribution in [2.24, 2.45) is 0 Å². The number of allylic oxidation sites excluding steroid dienone is 2. The van der Waals surface area contributed by atoms with Crippen molar-refractivity contribution < 1.29 is 9.53 Å². The maximum Gasteiger partial charge on any atom is 0.155 e. The van der Waals surface area contributed by atoms with Gasteiger partial charge in [0.2, 0.25) is 0 Å². The molecule has 0 aromatic rings. The van der Waals surface area contributed by atoms with E-state index in [1.54, 1.807) is 6.08 Å². The van der Waals surface area contributed by atoms with Gasteiger partial charge >= 0.3 is 0 Å². The van der Waals surface area contributed by atoms with Gasteiger partial charge in [0.05, 0.1) is 6.61 Å². The molecule has 0 heterocycles. The lowest BCUT2D eigenvalue weighted by molar-refractivity contribution is -0.114. The summed E-state index contributed by atoms with van der Waals surface area (Å²) in [6.07, 6.45) is 3.60. The van der Waals surface area contributed by atoms with Gasteiger partial charge in [0.1, 0.15) is 5.76 Å². The van der Waals surface area contributed by atoms with E-state index in [2.05, 4.69) is 6.58 Å². The summed E-state index contributed by atoms with van der Waals surface area (Å²) in [4.78, 5) is 10.7. The maximum absolute atomic E-state index is 10.7. The smallest absolute Gasteiger partial charge is 0.155 e. The number of carbonyl (C=O) groups excluding carboxylic acids is 1. The van der Waals surface area contributed by atoms with E-state index in [1.165, 1.54) is 6.08 Å². The minimum absolute atomic E-state index is 0.0888. The van der Waals surface area contributed by atoms with Crippen molar-refractivity contribution in [2.45, 2.75) is 20.3 Å². The predicted octanol–water partition coefficient (Wildman–Crippen LogP) is 2.07. The molecule has 0 N–H and O–H groups in total. The fourth-order valence-corrected chi connectivity index (χ4v) is 0.537. The van der Waals surface area contributed by atoms with Gasteiger partial charge in [-0.05, 0) is 19.1 Å². The first kappa shape index (κ1) is 9.95. The molecule has 2 heteroatoms. The van der Waals surface area contributed by atoms with E-state index in [9.17, 15) is 4.79 Å². The summed E-state index contributed by atoms with van der Waals surface area (Å²) in [6.45, 7) is 7.87. The number of hydrogen-bond acceptors (Lipinski definition) is 2. The molecular weight excluding hydrogens is 140 g/mol. The van der Waals surface area contributed by atoms with Gasteiger partial charge in [-0.2, -0.15) is 0 Å². The Kier molecular flexibility index (Phi) is 5.17. The fourth-order valence-electron chi connectivity index (χ4n) is 0.537. The van der Waals surface area contributed by atoms with Crippen molar-refractivity contribution >= 4 is 5.78 Å². The van der Waals surface area contributed by atoms with Gasteiger partial charge < -0.3 is 4.74 Å². The second kappa shape index (κ2) is 5.71. The highest BCUT2D eigenvalue weighted by Crippen LogP contribution is 1.95. The second-order valence-corrected chi connectivity index (χ2v) is 2.05. The quantitative estimate of drug-likeness (QED) is 0.344. The lowest BCUT2D eigenvalue weighted by atomic mass is 10.3. The molecule has 0 aliphatic carbocycles. The van der Waals surface area contributed by atoms with Gasteiger partial charge in [-0.3, -0.25) is 4.79 Å². The van der Waals surface area contributed by atoms with E-state index < -0.39 is 0 Å². The van der Waals surface area contributed by atoms with Crippen molar-refractivity contribution in [3.63, 3.8) is 0 Å². The van der Waals surface area contributed by atoms with Gasteiger partial charge in [0.15, 0.2) is 5.78 Å². The third kappa shape index (κ3) is 5.40. The van der Waals surface area contributed by atoms with Crippen LogP contribution in [0.15, 0.2) is 24.5 Å². The number of carbonyl (C=O) groups is 1. The lowest BCUT2D eigenvalue weighted by Gasteiger charge is -1.98. The molecule has 0 aromatic carbocycles. The fraction of sp³-hybridized carbons (Fsp3) is 0.444. The summed E-state index contributed by atoms with van der Waals surface area (Å²) >= 11 is 0. The van der Waals surface area contributed by atoms with Gasteiger partial charge in [0.25, 0.3) is 0 Å². The van der Waals surface area contributed by atoms with Crippen LogP contribution >= 0.6 is 0 Å². The van der Waals surface area contributed by atoms with Crippen LogP contribution in [0.4, 0.5) is 0 Å². The third-order valence-electron chi connectivity index (χ3n) is 1.13. The maximum atomic E-state index is 10.7. The van der Waals surface area contributed by atoms with Crippen LogP contribution in [0.2, 0.25) is 0 Å². The highest BCUT2D eigenvalue weighted by atomic mass is 16.5. The minimum atomic E-state index is 0.0888. The molecule has 0 spiro atoms. The standard InChI is InChI=1S/C9H14O2/c1-4-9(10)7-6-8(3)11-5-2/h6-7H,3-5H2,1-2H3/b7-6+. The molecule has 0 radical (unpaired) electrons. The summed E-state index contributed by atoms with van der Waals surface area (Å²) in [5.41, 5.74) is 0. The monoisotopic (exact) mass is 154 g/mol. The number of ketones is 1. The van der Waals surface area contributed by atoms with Crippen molar-refractivity contribution in [3.8, 4) is 0 Å². The number of ether oxygens (including phenoxy) is 1. The molecule has 0 unspecified atom stereocenters. The normalized spacial score (nSPS) is 10.0. The second-order valence-electron chi connectivity index (χ2n) is 2.05. The third-order valence-corrected chi connectivity index (χ3v) is 1.13. The SMILES string of the molecule is C=C(/C=C/C(=O)CC)OCC. The molecule has 11 heavy (non-hydrogen) atoms. The van der Waals surface area contributed by atoms with Gasteiger partial charge in [-0.1, -0.05) is 13.5 Å². The van der Waals surface area contributed by atoms with E-state index in [0.717, 1.165) is 0 Å². The molecule has 0 aliphatic heterocycles. The first-order valence-corrected chi connectivity index (χ1v) is 3.73. The Morgan fingerprint density at radius 3 is 2.55 bits per heavy atom. The molecule has 0 bridgehead atoms. The largest absolute Gasteiger partial charge is 0.495 e. The van der Waals surface area contributed by atoms with Gasteiger partial charge in [-0.15, -0.1) is 0 Å². The zero-order valence-corrected chi connectivity index (χ0v) is 7.09. The molecule has 0 aliphatic rings. The molecule has 0 aromatic heterocycles. The Hall–Kier alpha value is -1.05. The Morgan fingerprint density at radius 1 is 1.45 bits per heavy atom. The van der Waals surface area contributed by atoms with E-state index in [4.69, 9.17) is 4.74 Å². The highest BCUT2D eigenvalue weighted by Gasteiger charge is 1.90. The van der Waals surface area contributed by atoms with E-state index in [0.29, 0.717) is 18.8 Å². The van der Waals surface area contributed by atoms with Crippen LogP contribution in [0.3, 0.4) is 0 Å². The molecule has 0 amide bonds. The zero-order chi connectivity index (χ0) is 8.69. The first-order chi connectivity index (χ1) is 5.20. The molecule has 0 atom stereocenters. The van der Waals surface area contributed by atoms with Crippen molar-refractivity contribution in [1.82, 2.24) is 0 Å². The van der Waals surface area contributed by atoms with Crippen LogP contribution in [-0.2, 0) is 9.53 Å². The highest BCUT2D eigenvalue weighted by molar-refractivity contribution is 5.89. The molecule has 0 fully saturated rings. The van der Waals surface area contributed by atoms with E-state index in [1.807, 2.05) is 13.8 Å². The van der Waals surface area contributed by atoms with Crippen molar-refractivity contribution in [1.29, 1.82) is 0 Å². The predicted molar refractivity (Wildman–Crippen MR) is 45.2 cm³/mol. The van der Waals surface area contributed by atoms with Gasteiger partial charge in [-0.25, -0.2) is 0 Å². The average molecular weight is 154 g/mol. The number of rotatable bonds is 5. The van der Waals surface area contributed by atoms with E-state index >= 15 is 0 Å². The molecule has 0 saturated carbocycles. The molecule has 0 rings (SSSR count). The summed E-state index contributed by atoms with van der Waals surface area (Å²) < 4.78 is 5.00. The van der Waals surface area contributed by atoms with Crippen LogP contribution in [0.1, 0.15) is 20.3 Å². The summed E-state index contributed by atoms with van der Waals surface area (Å²) in [7, 11) is 0. The molecule has 2 nitrogen and oxygen atoms in total. The van der Waals surface area contributed by atoms with Crippen LogP contribution in [0.5, 0.6) is 0 Å². The minimum Gasteiger partial charge on any atom is -0.495 e. The Labute approximate surface area is 67.6 Å². The van der Waals surface area contributed by atoms with Crippen molar-refractivity contribution in [2.75, 3.05) is 6.61 Å². The van der Waals surface area contributed by atoms with Gasteiger partial charge in [0, 0.05) is 6.42 Å². The zero-order valence-electron chi connectivity index (χ0n) is 7.09.